The van der Waals surface area contributed by atoms with Crippen LogP contribution in [0.1, 0.15) is 34.4 Å². The number of imidazole rings is 1. The molecule has 1 fully saturated rings. The zero-order valence-corrected chi connectivity index (χ0v) is 16.8. The van der Waals surface area contributed by atoms with Gasteiger partial charge in [-0.25, -0.2) is 15.0 Å². The molecular formula is C19H16N6O5S. The van der Waals surface area contributed by atoms with Crippen LogP contribution in [0.2, 0.25) is 0 Å². The SMILES string of the molecule is O=C(CCC(=O)c1nc2ncccc2[nH]1)NN1C(=O)CSC1c1cccc([N+](=O)[O-])c1. The Labute approximate surface area is 179 Å². The number of nitro benzene ring substituents is 1. The highest BCUT2D eigenvalue weighted by Crippen LogP contribution is 2.38. The third-order valence-corrected chi connectivity index (χ3v) is 5.79. The van der Waals surface area contributed by atoms with Crippen molar-refractivity contribution in [3.8, 4) is 0 Å². The van der Waals surface area contributed by atoms with Crippen LogP contribution in [-0.2, 0) is 9.59 Å². The number of fused-ring (bicyclic) bond motifs is 1. The number of hydrogen-bond donors (Lipinski definition) is 2. The van der Waals surface area contributed by atoms with E-state index in [1.54, 1.807) is 24.4 Å². The predicted octanol–water partition coefficient (Wildman–Crippen LogP) is 2.13. The molecule has 2 aromatic heterocycles. The molecule has 31 heavy (non-hydrogen) atoms. The molecule has 1 saturated heterocycles. The summed E-state index contributed by atoms with van der Waals surface area (Å²) in [7, 11) is 0. The first-order valence-electron chi connectivity index (χ1n) is 9.24. The van der Waals surface area contributed by atoms with Gasteiger partial charge in [-0.15, -0.1) is 11.8 Å². The second kappa shape index (κ2) is 8.52. The van der Waals surface area contributed by atoms with Gasteiger partial charge < -0.3 is 4.98 Å². The molecule has 0 bridgehead atoms. The quantitative estimate of drug-likeness (QED) is 0.322. The molecule has 3 heterocycles. The van der Waals surface area contributed by atoms with Gasteiger partial charge in [0.25, 0.3) is 11.6 Å². The molecule has 0 saturated carbocycles. The molecule has 11 nitrogen and oxygen atoms in total. The number of nitrogens with zero attached hydrogens (tertiary/aromatic N) is 4. The molecule has 3 aromatic rings. The third kappa shape index (κ3) is 4.38. The van der Waals surface area contributed by atoms with Gasteiger partial charge in [0, 0.05) is 31.2 Å². The van der Waals surface area contributed by atoms with Crippen LogP contribution in [0.25, 0.3) is 11.2 Å². The average molecular weight is 440 g/mol. The average Bonchev–Trinajstić information content (AvgIpc) is 3.36. The van der Waals surface area contributed by atoms with Crippen LogP contribution in [0.15, 0.2) is 42.6 Å². The van der Waals surface area contributed by atoms with Gasteiger partial charge in [0.05, 0.1) is 16.2 Å². The van der Waals surface area contributed by atoms with Crippen LogP contribution in [0.4, 0.5) is 5.69 Å². The number of carbonyl (C=O) groups is 3. The first-order chi connectivity index (χ1) is 14.9. The summed E-state index contributed by atoms with van der Waals surface area (Å²) >= 11 is 1.25. The van der Waals surface area contributed by atoms with Gasteiger partial charge >= 0.3 is 0 Å². The zero-order valence-electron chi connectivity index (χ0n) is 16.0. The van der Waals surface area contributed by atoms with E-state index >= 15 is 0 Å². The number of carbonyl (C=O) groups excluding carboxylic acids is 3. The summed E-state index contributed by atoms with van der Waals surface area (Å²) in [6.07, 6.45) is 1.30. The Kier molecular flexibility index (Phi) is 5.62. The smallest absolute Gasteiger partial charge is 0.269 e. The van der Waals surface area contributed by atoms with Crippen LogP contribution in [0.3, 0.4) is 0 Å². The lowest BCUT2D eigenvalue weighted by molar-refractivity contribution is -0.384. The highest BCUT2D eigenvalue weighted by atomic mass is 32.2. The minimum atomic E-state index is -0.589. The summed E-state index contributed by atoms with van der Waals surface area (Å²) in [6, 6.07) is 9.36. The zero-order chi connectivity index (χ0) is 22.0. The lowest BCUT2D eigenvalue weighted by atomic mass is 10.2. The first-order valence-corrected chi connectivity index (χ1v) is 10.3. The number of hydrogen-bond acceptors (Lipinski definition) is 8. The lowest BCUT2D eigenvalue weighted by Gasteiger charge is -2.24. The molecule has 0 spiro atoms. The van der Waals surface area contributed by atoms with Gasteiger partial charge in [0.1, 0.15) is 5.37 Å². The van der Waals surface area contributed by atoms with Crippen molar-refractivity contribution in [3.05, 3.63) is 64.1 Å². The number of Topliss-reactive ketones (excluding diaryl/α,β-unsaturated/α-hetero) is 1. The van der Waals surface area contributed by atoms with Crippen LogP contribution >= 0.6 is 11.8 Å². The Balaban J connectivity index is 1.39. The van der Waals surface area contributed by atoms with Crippen molar-refractivity contribution in [1.82, 2.24) is 25.4 Å². The number of non-ortho nitro benzene ring substituents is 1. The van der Waals surface area contributed by atoms with Crippen molar-refractivity contribution in [1.29, 1.82) is 0 Å². The van der Waals surface area contributed by atoms with E-state index in [0.29, 0.717) is 16.7 Å². The Morgan fingerprint density at radius 3 is 2.90 bits per heavy atom. The molecule has 12 heteroatoms. The highest BCUT2D eigenvalue weighted by Gasteiger charge is 2.35. The maximum absolute atomic E-state index is 12.4. The van der Waals surface area contributed by atoms with Crippen molar-refractivity contribution >= 4 is 46.2 Å². The Morgan fingerprint density at radius 1 is 1.29 bits per heavy atom. The van der Waals surface area contributed by atoms with Gasteiger partial charge in [-0.05, 0) is 17.7 Å². The van der Waals surface area contributed by atoms with Crippen molar-refractivity contribution in [2.75, 3.05) is 5.75 Å². The number of nitrogens with one attached hydrogen (secondary N) is 2. The summed E-state index contributed by atoms with van der Waals surface area (Å²) < 4.78 is 0. The van der Waals surface area contributed by atoms with Gasteiger partial charge in [0.2, 0.25) is 5.91 Å². The normalized spacial score (nSPS) is 15.9. The molecule has 0 radical (unpaired) electrons. The van der Waals surface area contributed by atoms with E-state index in [0.717, 1.165) is 5.01 Å². The number of H-pyrrole nitrogens is 1. The van der Waals surface area contributed by atoms with E-state index in [1.807, 2.05) is 0 Å². The van der Waals surface area contributed by atoms with Crippen LogP contribution in [0.5, 0.6) is 0 Å². The molecule has 158 valence electrons. The van der Waals surface area contributed by atoms with E-state index in [1.165, 1.54) is 30.0 Å². The highest BCUT2D eigenvalue weighted by molar-refractivity contribution is 8.00. The third-order valence-electron chi connectivity index (χ3n) is 4.58. The van der Waals surface area contributed by atoms with Gasteiger partial charge in [0.15, 0.2) is 17.3 Å². The number of nitro groups is 1. The summed E-state index contributed by atoms with van der Waals surface area (Å²) in [6.45, 7) is 0. The molecule has 1 aliphatic rings. The molecule has 2 amide bonds. The molecule has 1 aliphatic heterocycles. The summed E-state index contributed by atoms with van der Waals surface area (Å²) in [5, 5.41) is 11.6. The predicted molar refractivity (Wildman–Crippen MR) is 111 cm³/mol. The van der Waals surface area contributed by atoms with Gasteiger partial charge in [-0.3, -0.25) is 29.9 Å². The van der Waals surface area contributed by atoms with Crippen LogP contribution in [0, 0.1) is 10.1 Å². The second-order valence-electron chi connectivity index (χ2n) is 6.70. The molecule has 0 aliphatic carbocycles. The number of pyridine rings is 1. The van der Waals surface area contributed by atoms with E-state index in [-0.39, 0.29) is 41.8 Å². The Morgan fingerprint density at radius 2 is 2.13 bits per heavy atom. The number of thioether (sulfide) groups is 1. The maximum atomic E-state index is 12.4. The topological polar surface area (TPSA) is 151 Å². The Bertz CT molecular complexity index is 1160. The number of hydrazine groups is 1. The first kappa shape index (κ1) is 20.5. The van der Waals surface area contributed by atoms with Crippen molar-refractivity contribution in [2.24, 2.45) is 0 Å². The van der Waals surface area contributed by atoms with E-state index < -0.39 is 16.2 Å². The molecular weight excluding hydrogens is 424 g/mol. The number of benzene rings is 1. The van der Waals surface area contributed by atoms with Crippen molar-refractivity contribution < 1.29 is 19.3 Å². The minimum absolute atomic E-state index is 0.102. The molecule has 1 aromatic carbocycles. The van der Waals surface area contributed by atoms with Crippen LogP contribution < -0.4 is 5.43 Å². The van der Waals surface area contributed by atoms with Gasteiger partial charge in [-0.2, -0.15) is 0 Å². The van der Waals surface area contributed by atoms with E-state index in [2.05, 4.69) is 20.4 Å². The fourth-order valence-electron chi connectivity index (χ4n) is 3.10. The molecule has 1 atom stereocenters. The van der Waals surface area contributed by atoms with Gasteiger partial charge in [-0.1, -0.05) is 12.1 Å². The molecule has 1 unspecified atom stereocenters. The fourth-order valence-corrected chi connectivity index (χ4v) is 4.19. The summed E-state index contributed by atoms with van der Waals surface area (Å²) in [4.78, 5) is 58.5. The molecule has 2 N–H and O–H groups in total. The Hall–Kier alpha value is -3.80. The maximum Gasteiger partial charge on any atom is 0.269 e. The lowest BCUT2D eigenvalue weighted by Crippen LogP contribution is -2.44. The number of aromatic nitrogens is 3. The summed E-state index contributed by atoms with van der Waals surface area (Å²) in [5.41, 5.74) is 3.97. The number of aromatic amines is 1. The number of rotatable bonds is 7. The summed E-state index contributed by atoms with van der Waals surface area (Å²) in [5.74, 6) is -0.967. The van der Waals surface area contributed by atoms with Crippen LogP contribution in [-0.4, -0.2) is 48.2 Å². The van der Waals surface area contributed by atoms with E-state index in [9.17, 15) is 24.5 Å². The van der Waals surface area contributed by atoms with Crippen molar-refractivity contribution in [3.63, 3.8) is 0 Å². The number of ketones is 1. The fraction of sp³-hybridized carbons (Fsp3) is 0.211. The van der Waals surface area contributed by atoms with E-state index in [4.69, 9.17) is 0 Å². The van der Waals surface area contributed by atoms with Crippen molar-refractivity contribution in [2.45, 2.75) is 18.2 Å². The minimum Gasteiger partial charge on any atom is -0.334 e. The largest absolute Gasteiger partial charge is 0.334 e. The second-order valence-corrected chi connectivity index (χ2v) is 7.77. The standard InChI is InChI=1S/C19H16N6O5S/c26-14(18-21-13-5-2-8-20-17(13)22-18)6-7-15(27)23-24-16(28)10-31-19(24)11-3-1-4-12(9-11)25(29)30/h1-5,8-9,19H,6-7,10H2,(H,23,27)(H,20,21,22). The molecule has 4 rings (SSSR count). The number of amides is 2. The monoisotopic (exact) mass is 440 g/mol.